The van der Waals surface area contributed by atoms with Gasteiger partial charge in [0.05, 0.1) is 17.6 Å². The summed E-state index contributed by atoms with van der Waals surface area (Å²) in [6.07, 6.45) is 2.08. The number of aromatic amines is 1. The number of H-pyrrole nitrogens is 1. The fourth-order valence-corrected chi connectivity index (χ4v) is 3.94. The van der Waals surface area contributed by atoms with Crippen LogP contribution >= 0.6 is 0 Å². The van der Waals surface area contributed by atoms with E-state index < -0.39 is 18.4 Å². The molecule has 1 aromatic carbocycles. The van der Waals surface area contributed by atoms with E-state index in [0.717, 1.165) is 23.0 Å². The number of hydrogen-bond acceptors (Lipinski definition) is 4. The second-order valence-electron chi connectivity index (χ2n) is 7.52. The Bertz CT molecular complexity index is 892. The summed E-state index contributed by atoms with van der Waals surface area (Å²) in [5.74, 6) is -5.32. The molecule has 2 fully saturated rings. The molecular weight excluding hydrogens is 358 g/mol. The molecular formula is C18H20F2N4O3. The molecule has 2 amide bonds. The van der Waals surface area contributed by atoms with Crippen LogP contribution < -0.4 is 10.6 Å². The van der Waals surface area contributed by atoms with Crippen molar-refractivity contribution in [3.05, 3.63) is 30.0 Å². The number of fused-ring (bicyclic) bond motifs is 1. The zero-order chi connectivity index (χ0) is 19.2. The zero-order valence-corrected chi connectivity index (χ0v) is 14.5. The van der Waals surface area contributed by atoms with Gasteiger partial charge >= 0.3 is 5.92 Å². The van der Waals surface area contributed by atoms with E-state index in [1.807, 2.05) is 24.3 Å². The highest BCUT2D eigenvalue weighted by molar-refractivity contribution is 5.87. The summed E-state index contributed by atoms with van der Waals surface area (Å²) in [4.78, 5) is 23.7. The Labute approximate surface area is 153 Å². The fourth-order valence-electron chi connectivity index (χ4n) is 3.94. The summed E-state index contributed by atoms with van der Waals surface area (Å²) in [6.45, 7) is -1.50. The monoisotopic (exact) mass is 378 g/mol. The molecule has 1 atom stereocenters. The summed E-state index contributed by atoms with van der Waals surface area (Å²) < 4.78 is 26.2. The van der Waals surface area contributed by atoms with Gasteiger partial charge in [-0.2, -0.15) is 13.9 Å². The van der Waals surface area contributed by atoms with E-state index in [4.69, 9.17) is 5.11 Å². The molecule has 1 heterocycles. The molecule has 2 aliphatic carbocycles. The molecule has 4 N–H and O–H groups in total. The second kappa shape index (κ2) is 6.26. The number of nitrogens with one attached hydrogen (secondary N) is 3. The topological polar surface area (TPSA) is 107 Å². The molecule has 27 heavy (non-hydrogen) atoms. The number of rotatable bonds is 6. The van der Waals surface area contributed by atoms with E-state index in [-0.39, 0.29) is 29.8 Å². The number of nitrogens with zero attached hydrogens (tertiary/aromatic N) is 1. The SMILES string of the molecule is O=C(Cc1[nH]nc2ccccc12)NC1CC12CC(NC(=O)C(F)(F)CO)C2. The minimum Gasteiger partial charge on any atom is -0.390 e. The maximum absolute atomic E-state index is 13.1. The number of aliphatic hydroxyl groups excluding tert-OH is 1. The number of amides is 2. The summed E-state index contributed by atoms with van der Waals surface area (Å²) in [5.41, 5.74) is 1.46. The number of benzene rings is 1. The first-order valence-corrected chi connectivity index (χ1v) is 8.84. The van der Waals surface area contributed by atoms with Crippen LogP contribution in [0.15, 0.2) is 24.3 Å². The highest BCUT2D eigenvalue weighted by atomic mass is 19.3. The smallest absolute Gasteiger partial charge is 0.346 e. The number of hydrogen-bond donors (Lipinski definition) is 4. The Balaban J connectivity index is 1.26. The number of carbonyl (C=O) groups is 2. The fraction of sp³-hybridized carbons (Fsp3) is 0.500. The predicted molar refractivity (Wildman–Crippen MR) is 92.0 cm³/mol. The first kappa shape index (κ1) is 17.8. The first-order chi connectivity index (χ1) is 12.8. The van der Waals surface area contributed by atoms with Gasteiger partial charge in [0.2, 0.25) is 5.91 Å². The van der Waals surface area contributed by atoms with Crippen LogP contribution in [0.4, 0.5) is 8.78 Å². The van der Waals surface area contributed by atoms with Gasteiger partial charge in [-0.1, -0.05) is 18.2 Å². The lowest BCUT2D eigenvalue weighted by Gasteiger charge is -2.38. The van der Waals surface area contributed by atoms with Gasteiger partial charge in [0.1, 0.15) is 6.61 Å². The number of aromatic nitrogens is 2. The second-order valence-corrected chi connectivity index (χ2v) is 7.52. The summed E-state index contributed by atoms with van der Waals surface area (Å²) in [7, 11) is 0. The van der Waals surface area contributed by atoms with E-state index in [1.165, 1.54) is 0 Å². The Morgan fingerprint density at radius 1 is 1.26 bits per heavy atom. The molecule has 4 rings (SSSR count). The van der Waals surface area contributed by atoms with Gasteiger partial charge in [-0.05, 0) is 30.7 Å². The predicted octanol–water partition coefficient (Wildman–Crippen LogP) is 0.886. The van der Waals surface area contributed by atoms with Crippen LogP contribution in [0.1, 0.15) is 25.0 Å². The molecule has 0 saturated heterocycles. The molecule has 0 aliphatic heterocycles. The molecule has 0 radical (unpaired) electrons. The van der Waals surface area contributed by atoms with Crippen molar-refractivity contribution < 1.29 is 23.5 Å². The van der Waals surface area contributed by atoms with E-state index in [9.17, 15) is 18.4 Å². The Morgan fingerprint density at radius 3 is 2.74 bits per heavy atom. The van der Waals surface area contributed by atoms with E-state index in [0.29, 0.717) is 12.8 Å². The van der Waals surface area contributed by atoms with Crippen LogP contribution in [0.25, 0.3) is 10.9 Å². The molecule has 9 heteroatoms. The van der Waals surface area contributed by atoms with Crippen LogP contribution in [-0.2, 0) is 16.0 Å². The normalized spacial score (nSPS) is 26.6. The molecule has 0 bridgehead atoms. The van der Waals surface area contributed by atoms with Crippen molar-refractivity contribution in [1.29, 1.82) is 0 Å². The minimum absolute atomic E-state index is 0.00527. The molecule has 2 saturated carbocycles. The molecule has 144 valence electrons. The average molecular weight is 378 g/mol. The minimum atomic E-state index is -3.76. The highest BCUT2D eigenvalue weighted by Gasteiger charge is 2.62. The van der Waals surface area contributed by atoms with Crippen LogP contribution in [0.2, 0.25) is 0 Å². The third-order valence-corrected chi connectivity index (χ3v) is 5.57. The van der Waals surface area contributed by atoms with Crippen molar-refractivity contribution in [3.63, 3.8) is 0 Å². The van der Waals surface area contributed by atoms with Gasteiger partial charge in [-0.25, -0.2) is 0 Å². The Morgan fingerprint density at radius 2 is 2.00 bits per heavy atom. The van der Waals surface area contributed by atoms with E-state index in [1.54, 1.807) is 0 Å². The lowest BCUT2D eigenvalue weighted by atomic mass is 9.76. The zero-order valence-electron chi connectivity index (χ0n) is 14.5. The molecule has 1 spiro atoms. The van der Waals surface area contributed by atoms with Crippen molar-refractivity contribution in [1.82, 2.24) is 20.8 Å². The van der Waals surface area contributed by atoms with Crippen molar-refractivity contribution in [2.45, 2.75) is 43.7 Å². The van der Waals surface area contributed by atoms with Gasteiger partial charge in [0.25, 0.3) is 5.91 Å². The first-order valence-electron chi connectivity index (χ1n) is 8.84. The van der Waals surface area contributed by atoms with Crippen LogP contribution in [0.3, 0.4) is 0 Å². The van der Waals surface area contributed by atoms with Gasteiger partial charge in [0.15, 0.2) is 0 Å². The third-order valence-electron chi connectivity index (χ3n) is 5.57. The Hall–Kier alpha value is -2.55. The quantitative estimate of drug-likeness (QED) is 0.599. The number of halogens is 2. The lowest BCUT2D eigenvalue weighted by molar-refractivity contribution is -0.152. The maximum atomic E-state index is 13.1. The van der Waals surface area contributed by atoms with Gasteiger partial charge in [0, 0.05) is 17.5 Å². The molecule has 1 unspecified atom stereocenters. The van der Waals surface area contributed by atoms with Gasteiger partial charge in [-0.3, -0.25) is 14.7 Å². The third kappa shape index (κ3) is 3.27. The number of para-hydroxylation sites is 1. The summed E-state index contributed by atoms with van der Waals surface area (Å²) in [5, 5.41) is 21.7. The van der Waals surface area contributed by atoms with Crippen molar-refractivity contribution in [2.24, 2.45) is 5.41 Å². The summed E-state index contributed by atoms with van der Waals surface area (Å²) >= 11 is 0. The van der Waals surface area contributed by atoms with Crippen molar-refractivity contribution in [2.75, 3.05) is 6.61 Å². The van der Waals surface area contributed by atoms with Crippen molar-refractivity contribution in [3.8, 4) is 0 Å². The largest absolute Gasteiger partial charge is 0.390 e. The van der Waals surface area contributed by atoms with Crippen LogP contribution in [0.5, 0.6) is 0 Å². The average Bonchev–Trinajstić information content (AvgIpc) is 3.16. The number of aliphatic hydroxyl groups is 1. The standard InChI is InChI=1S/C18H20F2N4O3/c19-18(20,9-25)16(27)21-10-6-17(7-10)8-14(17)22-15(26)5-13-11-3-1-2-4-12(11)23-24-13/h1-4,10,14,25H,5-9H2,(H,21,27)(H,22,26)(H,23,24). The number of carbonyl (C=O) groups excluding carboxylic acids is 2. The van der Waals surface area contributed by atoms with E-state index >= 15 is 0 Å². The van der Waals surface area contributed by atoms with Gasteiger partial charge in [-0.15, -0.1) is 0 Å². The highest BCUT2D eigenvalue weighted by Crippen LogP contribution is 2.60. The van der Waals surface area contributed by atoms with Crippen molar-refractivity contribution >= 4 is 22.7 Å². The number of alkyl halides is 2. The lowest BCUT2D eigenvalue weighted by Crippen LogP contribution is -2.53. The molecule has 2 aromatic rings. The van der Waals surface area contributed by atoms with E-state index in [2.05, 4.69) is 20.8 Å². The van der Waals surface area contributed by atoms with Crippen LogP contribution in [0, 0.1) is 5.41 Å². The van der Waals surface area contributed by atoms with Gasteiger partial charge < -0.3 is 15.7 Å². The molecule has 7 nitrogen and oxygen atoms in total. The Kier molecular flexibility index (Phi) is 4.14. The maximum Gasteiger partial charge on any atom is 0.346 e. The van der Waals surface area contributed by atoms with Crippen LogP contribution in [-0.4, -0.2) is 51.7 Å². The molecule has 1 aromatic heterocycles. The summed E-state index contributed by atoms with van der Waals surface area (Å²) in [6, 6.07) is 7.20. The molecule has 2 aliphatic rings.